The average molecular weight is 258 g/mol. The second-order valence-electron chi connectivity index (χ2n) is 4.82. The Bertz CT molecular complexity index is 448. The fourth-order valence-corrected chi connectivity index (χ4v) is 2.17. The van der Waals surface area contributed by atoms with E-state index in [0.29, 0.717) is 13.1 Å². The molecule has 0 amide bonds. The maximum absolute atomic E-state index is 10.1. The van der Waals surface area contributed by atoms with Crippen LogP contribution in [-0.4, -0.2) is 24.3 Å². The van der Waals surface area contributed by atoms with Gasteiger partial charge in [-0.15, -0.1) is 0 Å². The normalized spacial score (nSPS) is 16.0. The highest BCUT2D eigenvalue weighted by Crippen LogP contribution is 2.15. The molecule has 1 aromatic carbocycles. The Morgan fingerprint density at radius 2 is 2.00 bits per heavy atom. The van der Waals surface area contributed by atoms with E-state index < -0.39 is 6.10 Å². The van der Waals surface area contributed by atoms with Crippen LogP contribution in [0.1, 0.15) is 18.4 Å². The van der Waals surface area contributed by atoms with Crippen LogP contribution in [0.25, 0.3) is 0 Å². The Labute approximate surface area is 114 Å². The summed E-state index contributed by atoms with van der Waals surface area (Å²) in [5.74, 6) is 0. The second kappa shape index (κ2) is 7.12. The molecule has 3 heteroatoms. The first-order chi connectivity index (χ1) is 9.29. The van der Waals surface area contributed by atoms with Crippen LogP contribution >= 0.6 is 0 Å². The molecule has 1 aliphatic rings. The average Bonchev–Trinajstić information content (AvgIpc) is 2.47. The van der Waals surface area contributed by atoms with E-state index in [-0.39, 0.29) is 0 Å². The van der Waals surface area contributed by atoms with E-state index in [2.05, 4.69) is 29.6 Å². The highest BCUT2D eigenvalue weighted by molar-refractivity contribution is 5.45. The van der Waals surface area contributed by atoms with Crippen molar-refractivity contribution in [2.45, 2.75) is 25.4 Å². The lowest BCUT2D eigenvalue weighted by molar-refractivity contribution is 0.227. The molecule has 19 heavy (non-hydrogen) atoms. The Balaban J connectivity index is 1.84. The first kappa shape index (κ1) is 13.8. The van der Waals surface area contributed by atoms with Gasteiger partial charge in [-0.2, -0.15) is 0 Å². The van der Waals surface area contributed by atoms with Crippen LogP contribution in [0.15, 0.2) is 48.1 Å². The minimum Gasteiger partial charge on any atom is -0.387 e. The van der Waals surface area contributed by atoms with Crippen molar-refractivity contribution in [2.24, 2.45) is 5.73 Å². The zero-order valence-corrected chi connectivity index (χ0v) is 11.2. The van der Waals surface area contributed by atoms with Gasteiger partial charge < -0.3 is 16.2 Å². The van der Waals surface area contributed by atoms with Crippen LogP contribution in [0.2, 0.25) is 0 Å². The smallest absolute Gasteiger partial charge is 0.0959 e. The molecule has 0 aliphatic heterocycles. The number of rotatable bonds is 6. The van der Waals surface area contributed by atoms with Crippen molar-refractivity contribution in [3.63, 3.8) is 0 Å². The first-order valence-corrected chi connectivity index (χ1v) is 6.87. The summed E-state index contributed by atoms with van der Waals surface area (Å²) in [5.41, 5.74) is 8.80. The molecule has 2 rings (SSSR count). The molecule has 3 nitrogen and oxygen atoms in total. The molecule has 0 fully saturated rings. The Kier molecular flexibility index (Phi) is 5.19. The van der Waals surface area contributed by atoms with Gasteiger partial charge in [0.05, 0.1) is 6.10 Å². The summed E-state index contributed by atoms with van der Waals surface area (Å²) in [6.07, 6.45) is 8.79. The molecule has 1 aliphatic carbocycles. The van der Waals surface area contributed by atoms with Gasteiger partial charge in [0.1, 0.15) is 0 Å². The summed E-state index contributed by atoms with van der Waals surface area (Å²) >= 11 is 0. The van der Waals surface area contributed by atoms with Crippen molar-refractivity contribution in [1.29, 1.82) is 0 Å². The van der Waals surface area contributed by atoms with Crippen LogP contribution < -0.4 is 11.1 Å². The van der Waals surface area contributed by atoms with Crippen LogP contribution in [0.4, 0.5) is 5.69 Å². The standard InChI is InChI=1S/C16H22N2O/c17-11-10-13-6-8-15(9-7-13)18-12-16(19)14-4-2-1-3-5-14/h2,4-9,16,18-19H,1,3,10-12,17H2/t16-/m0/s1. The minimum atomic E-state index is -0.444. The van der Waals surface area contributed by atoms with Crippen molar-refractivity contribution < 1.29 is 5.11 Å². The molecule has 0 saturated carbocycles. The fourth-order valence-electron chi connectivity index (χ4n) is 2.17. The van der Waals surface area contributed by atoms with Crippen molar-refractivity contribution in [3.05, 3.63) is 53.6 Å². The lowest BCUT2D eigenvalue weighted by Crippen LogP contribution is -2.21. The van der Waals surface area contributed by atoms with E-state index in [1.54, 1.807) is 0 Å². The highest BCUT2D eigenvalue weighted by atomic mass is 16.3. The van der Waals surface area contributed by atoms with Crippen molar-refractivity contribution in [1.82, 2.24) is 0 Å². The van der Waals surface area contributed by atoms with Crippen molar-refractivity contribution in [2.75, 3.05) is 18.4 Å². The van der Waals surface area contributed by atoms with E-state index in [1.165, 1.54) is 5.56 Å². The minimum absolute atomic E-state index is 0.444. The summed E-state index contributed by atoms with van der Waals surface area (Å²) in [5, 5.41) is 13.3. The third-order valence-electron chi connectivity index (χ3n) is 3.29. The summed E-state index contributed by atoms with van der Waals surface area (Å²) in [6.45, 7) is 1.21. The summed E-state index contributed by atoms with van der Waals surface area (Å²) < 4.78 is 0. The topological polar surface area (TPSA) is 58.3 Å². The van der Waals surface area contributed by atoms with Crippen LogP contribution in [0, 0.1) is 0 Å². The van der Waals surface area contributed by atoms with Crippen molar-refractivity contribution in [3.8, 4) is 0 Å². The van der Waals surface area contributed by atoms with E-state index in [1.807, 2.05) is 18.2 Å². The maximum Gasteiger partial charge on any atom is 0.0959 e. The Hall–Kier alpha value is -1.58. The van der Waals surface area contributed by atoms with E-state index in [4.69, 9.17) is 5.73 Å². The monoisotopic (exact) mass is 258 g/mol. The largest absolute Gasteiger partial charge is 0.387 e. The third-order valence-corrected chi connectivity index (χ3v) is 3.29. The molecule has 0 unspecified atom stereocenters. The van der Waals surface area contributed by atoms with E-state index >= 15 is 0 Å². The van der Waals surface area contributed by atoms with Gasteiger partial charge in [-0.25, -0.2) is 0 Å². The van der Waals surface area contributed by atoms with Crippen LogP contribution in [-0.2, 0) is 6.42 Å². The van der Waals surface area contributed by atoms with Gasteiger partial charge in [-0.05, 0) is 49.1 Å². The van der Waals surface area contributed by atoms with Gasteiger partial charge in [0.25, 0.3) is 0 Å². The zero-order valence-electron chi connectivity index (χ0n) is 11.2. The van der Waals surface area contributed by atoms with Gasteiger partial charge in [0.15, 0.2) is 0 Å². The molecule has 102 valence electrons. The second-order valence-corrected chi connectivity index (χ2v) is 4.82. The zero-order chi connectivity index (χ0) is 13.5. The highest BCUT2D eigenvalue weighted by Gasteiger charge is 2.09. The number of hydrogen-bond donors (Lipinski definition) is 3. The Morgan fingerprint density at radius 1 is 1.21 bits per heavy atom. The number of benzene rings is 1. The molecule has 0 spiro atoms. The van der Waals surface area contributed by atoms with Gasteiger partial charge in [-0.1, -0.05) is 30.4 Å². The van der Waals surface area contributed by atoms with Crippen LogP contribution in [0.5, 0.6) is 0 Å². The molecule has 0 bridgehead atoms. The predicted octanol–water partition coefficient (Wildman–Crippen LogP) is 2.24. The van der Waals surface area contributed by atoms with E-state index in [0.717, 1.165) is 30.5 Å². The lowest BCUT2D eigenvalue weighted by Gasteiger charge is -2.16. The molecule has 1 atom stereocenters. The predicted molar refractivity (Wildman–Crippen MR) is 80.2 cm³/mol. The number of hydrogen-bond acceptors (Lipinski definition) is 3. The molecule has 0 heterocycles. The van der Waals surface area contributed by atoms with Gasteiger partial charge in [-0.3, -0.25) is 0 Å². The van der Waals surface area contributed by atoms with Gasteiger partial charge in [0.2, 0.25) is 0 Å². The lowest BCUT2D eigenvalue weighted by atomic mass is 10.0. The molecule has 0 aromatic heterocycles. The summed E-state index contributed by atoms with van der Waals surface area (Å²) in [6, 6.07) is 8.20. The number of aliphatic hydroxyl groups is 1. The van der Waals surface area contributed by atoms with Gasteiger partial charge in [0, 0.05) is 12.2 Å². The van der Waals surface area contributed by atoms with Crippen molar-refractivity contribution >= 4 is 5.69 Å². The molecule has 4 N–H and O–H groups in total. The Morgan fingerprint density at radius 3 is 2.63 bits per heavy atom. The number of nitrogens with two attached hydrogens (primary N) is 1. The molecular weight excluding hydrogens is 236 g/mol. The number of anilines is 1. The molecule has 1 aromatic rings. The van der Waals surface area contributed by atoms with Crippen LogP contribution in [0.3, 0.4) is 0 Å². The number of nitrogens with one attached hydrogen (secondary N) is 1. The quantitative estimate of drug-likeness (QED) is 0.733. The fraction of sp³-hybridized carbons (Fsp3) is 0.375. The maximum atomic E-state index is 10.1. The number of allylic oxidation sites excluding steroid dienone is 2. The van der Waals surface area contributed by atoms with E-state index in [9.17, 15) is 5.11 Å². The first-order valence-electron chi connectivity index (χ1n) is 6.87. The summed E-state index contributed by atoms with van der Waals surface area (Å²) in [4.78, 5) is 0. The molecule has 0 saturated heterocycles. The molecular formula is C16H22N2O. The molecule has 0 radical (unpaired) electrons. The van der Waals surface area contributed by atoms with Gasteiger partial charge >= 0.3 is 0 Å². The third kappa shape index (κ3) is 4.23. The summed E-state index contributed by atoms with van der Waals surface area (Å²) in [7, 11) is 0. The number of aliphatic hydroxyl groups excluding tert-OH is 1. The SMILES string of the molecule is NCCc1ccc(NC[C@H](O)C2=CCCC=C2)cc1.